The van der Waals surface area contributed by atoms with E-state index >= 15 is 0 Å². The predicted octanol–water partition coefficient (Wildman–Crippen LogP) is 19.4. The highest BCUT2D eigenvalue weighted by Gasteiger charge is 2.23. The standard InChI is InChI=1S/C30H25N5.C28H21ClN6.C28H30N6/c1-4-21-8-6-9-23(16-21)35-30-25-12-11-20(3)27(24(25)13-15-32-30)18-29-26(10-7-14-31-29)28-17-22(5-2)33-19-34-28;1-17-4-9-21-20(10-13-32-28(21)35-19-7-5-18(29)6-8-19)23(17)15-25-22(3-2-12-30-25)26-27-24(11-14-31-27)33-16-34-26;1-7-24-30-16-19-14-18(9-11-22(19)31-24)26-17(2)8-10-21-20(26)12-13-29-27(21)32-25-15-23(28(3,4)5)33-34(25)6/h1,6-17,19H,5,18H2,2-3H3,(H,32,35);2-10,12-14,16H,11,15H2,1H3,(H,32,35);8-16H,7H2,1-6H3,(H,29,32). The molecule has 10 heterocycles. The molecule has 0 amide bonds. The van der Waals surface area contributed by atoms with E-state index in [0.717, 1.165) is 171 Å². The van der Waals surface area contributed by atoms with Crippen LogP contribution >= 0.6 is 11.6 Å². The number of aromatic nitrogens is 13. The third-order valence-corrected chi connectivity index (χ3v) is 19.0. The van der Waals surface area contributed by atoms with Crippen molar-refractivity contribution in [2.75, 3.05) is 16.0 Å². The molecule has 0 saturated heterocycles. The molecule has 0 bridgehead atoms. The van der Waals surface area contributed by atoms with E-state index in [0.29, 0.717) is 17.9 Å². The van der Waals surface area contributed by atoms with Crippen molar-refractivity contribution in [1.82, 2.24) is 64.6 Å². The second kappa shape index (κ2) is 30.0. The van der Waals surface area contributed by atoms with Crippen molar-refractivity contribution >= 4 is 101 Å². The maximum Gasteiger partial charge on any atom is 0.139 e. The Morgan fingerprint density at radius 2 is 1.18 bits per heavy atom. The maximum absolute atomic E-state index is 6.05. The summed E-state index contributed by atoms with van der Waals surface area (Å²) in [5.74, 6) is 6.88. The van der Waals surface area contributed by atoms with Crippen LogP contribution in [0.5, 0.6) is 0 Å². The molecule has 0 aliphatic carbocycles. The summed E-state index contributed by atoms with van der Waals surface area (Å²) in [6, 6.07) is 53.1. The molecular weight excluding hydrogens is 1310 g/mol. The van der Waals surface area contributed by atoms with Gasteiger partial charge in [0, 0.05) is 148 Å². The van der Waals surface area contributed by atoms with Crippen LogP contribution in [0.15, 0.2) is 213 Å². The van der Waals surface area contributed by atoms with Crippen molar-refractivity contribution in [2.45, 2.75) is 92.9 Å². The van der Waals surface area contributed by atoms with Crippen molar-refractivity contribution in [3.05, 3.63) is 280 Å². The van der Waals surface area contributed by atoms with E-state index in [2.05, 4.69) is 218 Å². The Morgan fingerprint density at radius 3 is 1.85 bits per heavy atom. The Hall–Kier alpha value is -12.5. The van der Waals surface area contributed by atoms with Gasteiger partial charge in [-0.05, 0) is 185 Å². The van der Waals surface area contributed by atoms with Gasteiger partial charge in [-0.2, -0.15) is 5.10 Å². The van der Waals surface area contributed by atoms with Gasteiger partial charge in [-0.15, -0.1) is 6.42 Å². The Labute approximate surface area is 609 Å². The highest BCUT2D eigenvalue weighted by molar-refractivity contribution is 6.30. The fraction of sp³-hybridized carbons (Fsp3) is 0.174. The molecule has 0 radical (unpaired) electrons. The molecule has 104 heavy (non-hydrogen) atoms. The summed E-state index contributed by atoms with van der Waals surface area (Å²) < 4.78 is 1.88. The van der Waals surface area contributed by atoms with Crippen molar-refractivity contribution < 1.29 is 0 Å². The van der Waals surface area contributed by atoms with Gasteiger partial charge < -0.3 is 16.0 Å². The number of nitrogens with one attached hydrogen (secondary N) is 3. The first kappa shape index (κ1) is 68.6. The molecule has 18 heteroatoms. The van der Waals surface area contributed by atoms with Crippen LogP contribution in [-0.2, 0) is 44.6 Å². The minimum atomic E-state index is -0.0220. The van der Waals surface area contributed by atoms with Crippen molar-refractivity contribution in [2.24, 2.45) is 12.0 Å². The maximum atomic E-state index is 6.05. The molecule has 1 aliphatic rings. The summed E-state index contributed by atoms with van der Waals surface area (Å²) in [6.07, 6.45) is 25.6. The molecule has 15 aromatic rings. The number of aliphatic imine (C=N–C) groups is 1. The molecule has 0 saturated carbocycles. The third-order valence-electron chi connectivity index (χ3n) is 18.8. The van der Waals surface area contributed by atoms with Gasteiger partial charge >= 0.3 is 0 Å². The molecule has 17 nitrogen and oxygen atoms in total. The largest absolute Gasteiger partial charge is 0.340 e. The van der Waals surface area contributed by atoms with E-state index in [1.807, 2.05) is 122 Å². The second-order valence-electron chi connectivity index (χ2n) is 26.7. The molecular formula is C86H76ClN17. The van der Waals surface area contributed by atoms with Crippen LogP contribution in [0.3, 0.4) is 0 Å². The van der Waals surface area contributed by atoms with Crippen LogP contribution in [0.1, 0.15) is 102 Å². The average molecular weight is 1380 g/mol. The first-order valence-corrected chi connectivity index (χ1v) is 35.1. The van der Waals surface area contributed by atoms with Gasteiger partial charge in [0.25, 0.3) is 0 Å². The van der Waals surface area contributed by atoms with Gasteiger partial charge in [0.2, 0.25) is 0 Å². The summed E-state index contributed by atoms with van der Waals surface area (Å²) in [6.45, 7) is 17.1. The topological polar surface area (TPSA) is 208 Å². The van der Waals surface area contributed by atoms with E-state index < -0.39 is 0 Å². The molecule has 0 spiro atoms. The number of benzene rings is 6. The van der Waals surface area contributed by atoms with Crippen molar-refractivity contribution in [3.63, 3.8) is 0 Å². The quantitative estimate of drug-likeness (QED) is 0.0816. The van der Waals surface area contributed by atoms with Gasteiger partial charge in [-0.1, -0.05) is 101 Å². The second-order valence-corrected chi connectivity index (χ2v) is 27.1. The fourth-order valence-electron chi connectivity index (χ4n) is 13.1. The third kappa shape index (κ3) is 14.7. The Balaban J connectivity index is 0.000000132. The first-order chi connectivity index (χ1) is 50.6. The average Bonchev–Trinajstić information content (AvgIpc) is 0.846. The number of nitrogens with zero attached hydrogens (tertiary/aromatic N) is 14. The molecule has 1 aliphatic heterocycles. The number of terminal acetylenes is 1. The molecule has 6 aromatic carbocycles. The van der Waals surface area contributed by atoms with E-state index in [9.17, 15) is 0 Å². The number of hydrogen-bond acceptors (Lipinski definition) is 16. The van der Waals surface area contributed by atoms with Crippen molar-refractivity contribution in [3.8, 4) is 46.0 Å². The molecule has 0 unspecified atom stereocenters. The van der Waals surface area contributed by atoms with Gasteiger partial charge in [-0.25, -0.2) is 44.9 Å². The highest BCUT2D eigenvalue weighted by atomic mass is 35.5. The Bertz CT molecular complexity index is 5810. The number of fused-ring (bicyclic) bond motifs is 5. The number of anilines is 6. The summed E-state index contributed by atoms with van der Waals surface area (Å²) in [5.41, 5.74) is 21.5. The fourth-order valence-corrected chi connectivity index (χ4v) is 13.3. The zero-order chi connectivity index (χ0) is 72.0. The zero-order valence-electron chi connectivity index (χ0n) is 59.5. The van der Waals surface area contributed by atoms with Gasteiger partial charge in [0.15, 0.2) is 0 Å². The van der Waals surface area contributed by atoms with Crippen LogP contribution in [-0.4, -0.2) is 70.8 Å². The number of pyridine rings is 5. The molecule has 0 atom stereocenters. The van der Waals surface area contributed by atoms with E-state index in [4.69, 9.17) is 33.1 Å². The smallest absolute Gasteiger partial charge is 0.139 e. The summed E-state index contributed by atoms with van der Waals surface area (Å²) in [7, 11) is 1.96. The van der Waals surface area contributed by atoms with E-state index in [1.165, 1.54) is 33.4 Å². The number of hydrogen-bond donors (Lipinski definition) is 3. The number of halogens is 1. The van der Waals surface area contributed by atoms with Crippen LogP contribution in [0.4, 0.5) is 40.3 Å². The van der Waals surface area contributed by atoms with Gasteiger partial charge in [0.1, 0.15) is 53.1 Å². The SMILES string of the molecule is C#Cc1cccc(Nc2nccc3c(Cc4ncccc4-c4cc(CC)ncn4)c(C)ccc23)c1.CCc1ncc2cc(-c3c(C)ccc4c(Nc5cc(C(C)(C)C)nn5C)nccc34)ccc2n1.Cc1ccc2c(Nc3ccc(Cl)cc3)nccc2c1Cc1ncccc1-c1ncnc2c1N=CC2. The van der Waals surface area contributed by atoms with Crippen LogP contribution in [0, 0.1) is 33.1 Å². The molecule has 512 valence electrons. The number of rotatable bonds is 15. The Kier molecular flexibility index (Phi) is 19.8. The molecule has 0 fully saturated rings. The van der Waals surface area contributed by atoms with Gasteiger partial charge in [0.05, 0.1) is 34.0 Å². The van der Waals surface area contributed by atoms with Crippen LogP contribution in [0.2, 0.25) is 5.02 Å². The summed E-state index contributed by atoms with van der Waals surface area (Å²) >= 11 is 6.05. The monoisotopic (exact) mass is 1380 g/mol. The molecule has 9 aromatic heterocycles. The summed E-state index contributed by atoms with van der Waals surface area (Å²) in [5, 5.41) is 23.4. The molecule has 3 N–H and O–H groups in total. The first-order valence-electron chi connectivity index (χ1n) is 34.7. The van der Waals surface area contributed by atoms with E-state index in [-0.39, 0.29) is 5.41 Å². The lowest BCUT2D eigenvalue weighted by Crippen LogP contribution is -2.12. The van der Waals surface area contributed by atoms with Crippen LogP contribution in [0.25, 0.3) is 76.9 Å². The number of aryl methyl sites for hydroxylation is 6. The normalized spacial score (nSPS) is 11.6. The summed E-state index contributed by atoms with van der Waals surface area (Å²) in [4.78, 5) is 55.0. The van der Waals surface area contributed by atoms with E-state index in [1.54, 1.807) is 12.7 Å². The lowest BCUT2D eigenvalue weighted by atomic mass is 9.92. The highest BCUT2D eigenvalue weighted by Crippen LogP contribution is 2.40. The lowest BCUT2D eigenvalue weighted by molar-refractivity contribution is 0.553. The molecule has 16 rings (SSSR count). The minimum Gasteiger partial charge on any atom is -0.340 e. The van der Waals surface area contributed by atoms with Crippen LogP contribution < -0.4 is 16.0 Å². The van der Waals surface area contributed by atoms with Crippen molar-refractivity contribution in [1.29, 1.82) is 0 Å². The zero-order valence-corrected chi connectivity index (χ0v) is 60.2. The van der Waals surface area contributed by atoms with Gasteiger partial charge in [-0.3, -0.25) is 19.6 Å². The Morgan fingerprint density at radius 1 is 0.548 bits per heavy atom. The lowest BCUT2D eigenvalue weighted by Gasteiger charge is -2.15. The minimum absolute atomic E-state index is 0.0220. The predicted molar refractivity (Wildman–Crippen MR) is 422 cm³/mol.